The third-order valence-corrected chi connectivity index (χ3v) is 5.48. The van der Waals surface area contributed by atoms with Gasteiger partial charge in [-0.15, -0.1) is 13.2 Å². The Morgan fingerprint density at radius 3 is 2.60 bits per heavy atom. The average molecular weight is 440 g/mol. The number of alkyl halides is 3. The number of aromatic nitrogens is 2. The maximum Gasteiger partial charge on any atom is 0.573 e. The Labute approximate surface area is 176 Å². The predicted octanol–water partition coefficient (Wildman–Crippen LogP) is 5.32. The first-order valence-electron chi connectivity index (χ1n) is 9.62. The molecule has 2 heterocycles. The molecule has 30 heavy (non-hydrogen) atoms. The number of nitrogens with one attached hydrogen (secondary N) is 1. The molecule has 1 aliphatic heterocycles. The van der Waals surface area contributed by atoms with Crippen LogP contribution in [0.5, 0.6) is 5.75 Å². The van der Waals surface area contributed by atoms with E-state index < -0.39 is 12.5 Å². The predicted molar refractivity (Wildman–Crippen MR) is 108 cm³/mol. The molecule has 1 fully saturated rings. The monoisotopic (exact) mass is 439 g/mol. The lowest BCUT2D eigenvalue weighted by atomic mass is 10.1. The van der Waals surface area contributed by atoms with Crippen molar-refractivity contribution in [3.63, 3.8) is 0 Å². The Balaban J connectivity index is 1.72. The number of likely N-dealkylation sites (tertiary alicyclic amines) is 1. The van der Waals surface area contributed by atoms with E-state index in [2.05, 4.69) is 19.6 Å². The van der Waals surface area contributed by atoms with Crippen LogP contribution in [0.25, 0.3) is 11.0 Å². The van der Waals surface area contributed by atoms with E-state index in [0.29, 0.717) is 11.4 Å². The standard InChI is InChI=1S/C21H21ClF3N3O2/c1-28-10-8-13(9-11-28)29-19(20-26-17-4-2-3-5-18(17)27-20)15-12-14(6-7-16(15)22)30-21(23,24)25/h2-7,12-13,19H,8-11H2,1H3,(H,26,27). The van der Waals surface area contributed by atoms with Gasteiger partial charge in [-0.25, -0.2) is 4.98 Å². The Morgan fingerprint density at radius 1 is 1.17 bits per heavy atom. The van der Waals surface area contributed by atoms with E-state index >= 15 is 0 Å². The molecular formula is C21H21ClF3N3O2. The maximum atomic E-state index is 12.7. The van der Waals surface area contributed by atoms with Gasteiger partial charge in [0.05, 0.1) is 17.1 Å². The van der Waals surface area contributed by atoms with Crippen molar-refractivity contribution in [1.29, 1.82) is 0 Å². The Bertz CT molecular complexity index is 983. The summed E-state index contributed by atoms with van der Waals surface area (Å²) in [5.74, 6) is 0.135. The summed E-state index contributed by atoms with van der Waals surface area (Å²) < 4.78 is 48.7. The van der Waals surface area contributed by atoms with E-state index in [-0.39, 0.29) is 16.9 Å². The zero-order valence-corrected chi connectivity index (χ0v) is 17.0. The number of ether oxygens (including phenoxy) is 2. The first-order chi connectivity index (χ1) is 14.3. The number of nitrogens with zero attached hydrogens (tertiary/aromatic N) is 2. The van der Waals surface area contributed by atoms with Crippen LogP contribution in [0.15, 0.2) is 42.5 Å². The fourth-order valence-electron chi connectivity index (χ4n) is 3.62. The molecule has 160 valence electrons. The SMILES string of the molecule is CN1CCC(OC(c2nc3ccccc3[nH]2)c2cc(OC(F)(F)F)ccc2Cl)CC1. The quantitative estimate of drug-likeness (QED) is 0.585. The summed E-state index contributed by atoms with van der Waals surface area (Å²) in [7, 11) is 2.04. The van der Waals surface area contributed by atoms with Crippen molar-refractivity contribution in [3.8, 4) is 5.75 Å². The number of para-hydroxylation sites is 2. The number of benzene rings is 2. The van der Waals surface area contributed by atoms with Crippen molar-refractivity contribution < 1.29 is 22.6 Å². The first-order valence-corrected chi connectivity index (χ1v) is 10.00. The molecular weight excluding hydrogens is 419 g/mol. The van der Waals surface area contributed by atoms with E-state index in [1.54, 1.807) is 0 Å². The molecule has 1 saturated heterocycles. The molecule has 1 aromatic heterocycles. The van der Waals surface area contributed by atoms with Crippen molar-refractivity contribution in [2.24, 2.45) is 0 Å². The van der Waals surface area contributed by atoms with Crippen molar-refractivity contribution in [2.75, 3.05) is 20.1 Å². The highest BCUT2D eigenvalue weighted by molar-refractivity contribution is 6.31. The molecule has 1 unspecified atom stereocenters. The van der Waals surface area contributed by atoms with Crippen molar-refractivity contribution in [1.82, 2.24) is 14.9 Å². The Kier molecular flexibility index (Phi) is 5.90. The second-order valence-electron chi connectivity index (χ2n) is 7.39. The maximum absolute atomic E-state index is 12.7. The lowest BCUT2D eigenvalue weighted by molar-refractivity contribution is -0.274. The van der Waals surface area contributed by atoms with Gasteiger partial charge in [0.2, 0.25) is 0 Å². The zero-order valence-electron chi connectivity index (χ0n) is 16.2. The van der Waals surface area contributed by atoms with Crippen LogP contribution < -0.4 is 4.74 Å². The molecule has 5 nitrogen and oxygen atoms in total. The van der Waals surface area contributed by atoms with Gasteiger partial charge in [-0.05, 0) is 50.2 Å². The summed E-state index contributed by atoms with van der Waals surface area (Å²) in [6, 6.07) is 11.3. The zero-order chi connectivity index (χ0) is 21.3. The fraction of sp³-hybridized carbons (Fsp3) is 0.381. The molecule has 1 aliphatic rings. The normalized spacial score (nSPS) is 17.4. The second kappa shape index (κ2) is 8.45. The Hall–Kier alpha value is -2.29. The lowest BCUT2D eigenvalue weighted by Gasteiger charge is -2.31. The highest BCUT2D eigenvalue weighted by Crippen LogP contribution is 2.37. The van der Waals surface area contributed by atoms with Gasteiger partial charge in [-0.3, -0.25) is 0 Å². The molecule has 3 aromatic rings. The number of fused-ring (bicyclic) bond motifs is 1. The molecule has 0 bridgehead atoms. The number of halogens is 4. The first kappa shape index (κ1) is 21.0. The van der Waals surface area contributed by atoms with Crippen LogP contribution in [0.1, 0.15) is 30.3 Å². The van der Waals surface area contributed by atoms with Crippen molar-refractivity contribution in [3.05, 3.63) is 58.9 Å². The van der Waals surface area contributed by atoms with Gasteiger partial charge in [-0.2, -0.15) is 0 Å². The molecule has 4 rings (SSSR count). The summed E-state index contributed by atoms with van der Waals surface area (Å²) in [4.78, 5) is 10.0. The topological polar surface area (TPSA) is 50.4 Å². The van der Waals surface area contributed by atoms with Gasteiger partial charge in [-0.1, -0.05) is 23.7 Å². The van der Waals surface area contributed by atoms with E-state index in [4.69, 9.17) is 16.3 Å². The summed E-state index contributed by atoms with van der Waals surface area (Å²) in [6.07, 6.45) is -4.00. The van der Waals surface area contributed by atoms with Gasteiger partial charge in [0.15, 0.2) is 0 Å². The summed E-state index contributed by atoms with van der Waals surface area (Å²) in [6.45, 7) is 1.75. The number of aromatic amines is 1. The summed E-state index contributed by atoms with van der Waals surface area (Å²) in [5, 5.41) is 0.280. The molecule has 0 amide bonds. The third-order valence-electron chi connectivity index (χ3n) is 5.13. The highest BCUT2D eigenvalue weighted by atomic mass is 35.5. The van der Waals surface area contributed by atoms with Gasteiger partial charge in [0, 0.05) is 23.7 Å². The van der Waals surface area contributed by atoms with E-state index in [9.17, 15) is 13.2 Å². The summed E-state index contributed by atoms with van der Waals surface area (Å²) in [5.41, 5.74) is 1.92. The minimum Gasteiger partial charge on any atom is -0.406 e. The molecule has 0 saturated carbocycles. The molecule has 1 N–H and O–H groups in total. The summed E-state index contributed by atoms with van der Waals surface area (Å²) >= 11 is 6.38. The van der Waals surface area contributed by atoms with Crippen LogP contribution in [0.3, 0.4) is 0 Å². The number of H-pyrrole nitrogens is 1. The second-order valence-corrected chi connectivity index (χ2v) is 7.80. The number of hydrogen-bond acceptors (Lipinski definition) is 4. The third kappa shape index (κ3) is 4.88. The van der Waals surface area contributed by atoms with Crippen LogP contribution in [0.4, 0.5) is 13.2 Å². The van der Waals surface area contributed by atoms with Crippen LogP contribution in [-0.2, 0) is 4.74 Å². The van der Waals surface area contributed by atoms with E-state index in [0.717, 1.165) is 37.0 Å². The van der Waals surface area contributed by atoms with Crippen LogP contribution >= 0.6 is 11.6 Å². The van der Waals surface area contributed by atoms with Gasteiger partial charge < -0.3 is 19.4 Å². The number of piperidine rings is 1. The molecule has 0 aliphatic carbocycles. The largest absolute Gasteiger partial charge is 0.573 e. The number of imidazole rings is 1. The van der Waals surface area contributed by atoms with Crippen LogP contribution in [0.2, 0.25) is 5.02 Å². The van der Waals surface area contributed by atoms with Crippen LogP contribution in [-0.4, -0.2) is 47.5 Å². The van der Waals surface area contributed by atoms with Gasteiger partial charge in [0.25, 0.3) is 0 Å². The minimum absolute atomic E-state index is 0.0670. The minimum atomic E-state index is -4.80. The van der Waals surface area contributed by atoms with Gasteiger partial charge >= 0.3 is 6.36 Å². The fourth-order valence-corrected chi connectivity index (χ4v) is 3.83. The average Bonchev–Trinajstić information content (AvgIpc) is 3.12. The van der Waals surface area contributed by atoms with Crippen LogP contribution in [0, 0.1) is 0 Å². The lowest BCUT2D eigenvalue weighted by Crippen LogP contribution is -2.35. The molecule has 1 atom stereocenters. The highest BCUT2D eigenvalue weighted by Gasteiger charge is 2.33. The molecule has 0 spiro atoms. The number of rotatable bonds is 5. The molecule has 2 aromatic carbocycles. The molecule has 0 radical (unpaired) electrons. The van der Waals surface area contributed by atoms with E-state index in [1.165, 1.54) is 18.2 Å². The Morgan fingerprint density at radius 2 is 1.90 bits per heavy atom. The number of hydrogen-bond donors (Lipinski definition) is 1. The molecule has 9 heteroatoms. The van der Waals surface area contributed by atoms with Crippen molar-refractivity contribution >= 4 is 22.6 Å². The van der Waals surface area contributed by atoms with Gasteiger partial charge in [0.1, 0.15) is 17.7 Å². The van der Waals surface area contributed by atoms with E-state index in [1.807, 2.05) is 31.3 Å². The van der Waals surface area contributed by atoms with Crippen molar-refractivity contribution in [2.45, 2.75) is 31.4 Å². The smallest absolute Gasteiger partial charge is 0.406 e.